The molecule has 0 N–H and O–H groups in total. The van der Waals surface area contributed by atoms with Crippen molar-refractivity contribution in [3.63, 3.8) is 0 Å². The molecule has 0 saturated carbocycles. The third-order valence-electron chi connectivity index (χ3n) is 2.76. The van der Waals surface area contributed by atoms with Gasteiger partial charge in [0.15, 0.2) is 0 Å². The van der Waals surface area contributed by atoms with Crippen LogP contribution in [0, 0.1) is 0 Å². The smallest absolute Gasteiger partial charge is 0.0169 e. The molecular formula is C21H24. The summed E-state index contributed by atoms with van der Waals surface area (Å²) in [5, 5.41) is 0. The van der Waals surface area contributed by atoms with Gasteiger partial charge in [0, 0.05) is 0 Å². The first-order chi connectivity index (χ1) is 10.4. The third-order valence-corrected chi connectivity index (χ3v) is 2.76. The minimum absolute atomic E-state index is 0.939. The molecule has 108 valence electrons. The van der Waals surface area contributed by atoms with Crippen LogP contribution < -0.4 is 0 Å². The van der Waals surface area contributed by atoms with Crippen LogP contribution in [0.1, 0.15) is 30.9 Å². The van der Waals surface area contributed by atoms with E-state index in [-0.39, 0.29) is 0 Å². The maximum absolute atomic E-state index is 3.64. The molecule has 21 heavy (non-hydrogen) atoms. The van der Waals surface area contributed by atoms with Crippen molar-refractivity contribution < 1.29 is 0 Å². The highest BCUT2D eigenvalue weighted by Crippen LogP contribution is 2.01. The number of hydrogen-bond acceptors (Lipinski definition) is 0. The Morgan fingerprint density at radius 1 is 0.762 bits per heavy atom. The van der Waals surface area contributed by atoms with Gasteiger partial charge in [0.25, 0.3) is 0 Å². The van der Waals surface area contributed by atoms with Crippen LogP contribution in [0.25, 0.3) is 12.2 Å². The van der Waals surface area contributed by atoms with Crippen molar-refractivity contribution in [2.24, 2.45) is 0 Å². The van der Waals surface area contributed by atoms with Crippen LogP contribution in [0.3, 0.4) is 0 Å². The lowest BCUT2D eigenvalue weighted by Gasteiger charge is -1.88. The normalized spacial score (nSPS) is 10.3. The summed E-state index contributed by atoms with van der Waals surface area (Å²) in [7, 11) is 0. The molecule has 2 rings (SSSR count). The van der Waals surface area contributed by atoms with Crippen molar-refractivity contribution in [1.82, 2.24) is 0 Å². The summed E-state index contributed by atoms with van der Waals surface area (Å²) in [5.41, 5.74) is 2.53. The maximum Gasteiger partial charge on any atom is -0.0169 e. The summed E-state index contributed by atoms with van der Waals surface area (Å²) in [6.45, 7) is 5.78. The zero-order valence-corrected chi connectivity index (χ0v) is 12.8. The van der Waals surface area contributed by atoms with Gasteiger partial charge < -0.3 is 0 Å². The first-order valence-electron chi connectivity index (χ1n) is 7.41. The lowest BCUT2D eigenvalue weighted by Crippen LogP contribution is -1.67. The molecule has 0 nitrogen and oxygen atoms in total. The van der Waals surface area contributed by atoms with Crippen LogP contribution in [0.2, 0.25) is 0 Å². The van der Waals surface area contributed by atoms with Crippen molar-refractivity contribution in [3.05, 3.63) is 96.6 Å². The molecule has 0 fully saturated rings. The minimum Gasteiger partial charge on any atom is -0.103 e. The van der Waals surface area contributed by atoms with Crippen LogP contribution in [-0.2, 0) is 0 Å². The van der Waals surface area contributed by atoms with Gasteiger partial charge in [-0.1, -0.05) is 98.0 Å². The lowest BCUT2D eigenvalue weighted by atomic mass is 10.2. The molecule has 0 aliphatic heterocycles. The van der Waals surface area contributed by atoms with Crippen molar-refractivity contribution in [2.45, 2.75) is 19.8 Å². The van der Waals surface area contributed by atoms with E-state index in [4.69, 9.17) is 0 Å². The highest BCUT2D eigenvalue weighted by molar-refractivity contribution is 5.49. The van der Waals surface area contributed by atoms with Crippen molar-refractivity contribution in [3.8, 4) is 0 Å². The summed E-state index contributed by atoms with van der Waals surface area (Å²) in [5.74, 6) is 0. The summed E-state index contributed by atoms with van der Waals surface area (Å²) in [6, 6.07) is 20.6. The molecule has 2 aromatic rings. The van der Waals surface area contributed by atoms with Crippen LogP contribution >= 0.6 is 0 Å². The van der Waals surface area contributed by atoms with Crippen molar-refractivity contribution in [2.75, 3.05) is 0 Å². The molecule has 0 unspecified atom stereocenters. The summed E-state index contributed by atoms with van der Waals surface area (Å²) >= 11 is 0. The van der Waals surface area contributed by atoms with E-state index in [0.717, 1.165) is 12.8 Å². The molecule has 2 aromatic carbocycles. The van der Waals surface area contributed by atoms with E-state index in [1.165, 1.54) is 11.1 Å². The molecule has 0 aliphatic rings. The van der Waals surface area contributed by atoms with E-state index >= 15 is 0 Å². The Hall–Kier alpha value is -2.34. The lowest BCUT2D eigenvalue weighted by molar-refractivity contribution is 1.23. The molecular weight excluding hydrogens is 252 g/mol. The molecule has 0 saturated heterocycles. The van der Waals surface area contributed by atoms with Gasteiger partial charge in [0.2, 0.25) is 0 Å². The number of allylic oxidation sites excluding steroid dienone is 3. The van der Waals surface area contributed by atoms with Crippen LogP contribution in [-0.4, -0.2) is 0 Å². The predicted octanol–water partition coefficient (Wildman–Crippen LogP) is 6.39. The van der Waals surface area contributed by atoms with E-state index in [9.17, 15) is 0 Å². The van der Waals surface area contributed by atoms with Crippen molar-refractivity contribution in [1.29, 1.82) is 0 Å². The second-order valence-electron chi connectivity index (χ2n) is 4.56. The largest absolute Gasteiger partial charge is 0.103 e. The molecule has 0 aliphatic carbocycles. The van der Waals surface area contributed by atoms with E-state index in [1.807, 2.05) is 30.3 Å². The Bertz CT molecular complexity index is 533. The van der Waals surface area contributed by atoms with Gasteiger partial charge in [-0.15, -0.1) is 6.58 Å². The second-order valence-corrected chi connectivity index (χ2v) is 4.56. The first kappa shape index (κ1) is 16.7. The average Bonchev–Trinajstić information content (AvgIpc) is 2.56. The van der Waals surface area contributed by atoms with Gasteiger partial charge in [-0.2, -0.15) is 0 Å². The molecule has 0 heterocycles. The maximum atomic E-state index is 3.64. The highest BCUT2D eigenvalue weighted by Gasteiger charge is 1.80. The summed E-state index contributed by atoms with van der Waals surface area (Å²) in [6.07, 6.45) is 12.4. The molecule has 0 aromatic heterocycles. The van der Waals surface area contributed by atoms with E-state index in [0.29, 0.717) is 0 Å². The Labute approximate surface area is 129 Å². The Balaban J connectivity index is 0.000000211. The van der Waals surface area contributed by atoms with Crippen LogP contribution in [0.5, 0.6) is 0 Å². The highest BCUT2D eigenvalue weighted by atomic mass is 13.9. The van der Waals surface area contributed by atoms with Gasteiger partial charge >= 0.3 is 0 Å². The Kier molecular flexibility index (Phi) is 9.14. The van der Waals surface area contributed by atoms with Crippen LogP contribution in [0.15, 0.2) is 85.5 Å². The quantitative estimate of drug-likeness (QED) is 0.555. The predicted molar refractivity (Wildman–Crippen MR) is 96.1 cm³/mol. The molecule has 0 heteroatoms. The molecule has 0 radical (unpaired) electrons. The molecule has 0 atom stereocenters. The molecule has 0 amide bonds. The molecule has 0 spiro atoms. The van der Waals surface area contributed by atoms with Gasteiger partial charge in [-0.05, 0) is 24.0 Å². The monoisotopic (exact) mass is 276 g/mol. The Morgan fingerprint density at radius 3 is 1.67 bits per heavy atom. The summed E-state index contributed by atoms with van der Waals surface area (Å²) < 4.78 is 0. The standard InChI is InChI=1S/C11H12.C10H12/c1-2-3-5-8-11-9-6-4-7-10-11;1-2-3-7-10-8-5-4-6-9-10/h2,4-10H,1,3H2;3-9H,2H2,1H3. The van der Waals surface area contributed by atoms with Crippen molar-refractivity contribution >= 4 is 12.2 Å². The third kappa shape index (κ3) is 8.43. The number of rotatable bonds is 5. The van der Waals surface area contributed by atoms with E-state index in [2.05, 4.69) is 74.2 Å². The second kappa shape index (κ2) is 11.5. The topological polar surface area (TPSA) is 0 Å². The van der Waals surface area contributed by atoms with E-state index < -0.39 is 0 Å². The van der Waals surface area contributed by atoms with E-state index in [1.54, 1.807) is 0 Å². The zero-order chi connectivity index (χ0) is 15.2. The first-order valence-corrected chi connectivity index (χ1v) is 7.41. The average molecular weight is 276 g/mol. The fourth-order valence-corrected chi connectivity index (χ4v) is 1.68. The minimum atomic E-state index is 0.939. The molecule has 0 bridgehead atoms. The number of hydrogen-bond donors (Lipinski definition) is 0. The van der Waals surface area contributed by atoms with Gasteiger partial charge in [-0.3, -0.25) is 0 Å². The van der Waals surface area contributed by atoms with Gasteiger partial charge in [0.1, 0.15) is 0 Å². The fourth-order valence-electron chi connectivity index (χ4n) is 1.68. The summed E-state index contributed by atoms with van der Waals surface area (Å²) in [4.78, 5) is 0. The zero-order valence-electron chi connectivity index (χ0n) is 12.8. The number of benzene rings is 2. The Morgan fingerprint density at radius 2 is 1.24 bits per heavy atom. The SMILES string of the molecule is C=CCC=Cc1ccccc1.CCC=Cc1ccccc1. The fraction of sp³-hybridized carbons (Fsp3) is 0.143. The van der Waals surface area contributed by atoms with Gasteiger partial charge in [-0.25, -0.2) is 0 Å². The van der Waals surface area contributed by atoms with Gasteiger partial charge in [0.05, 0.1) is 0 Å². The van der Waals surface area contributed by atoms with Crippen LogP contribution in [0.4, 0.5) is 0 Å².